The number of hydrogen-bond acceptors (Lipinski definition) is 4. The molecule has 4 nitrogen and oxygen atoms in total. The number of thioether (sulfide) groups is 1. The number of aromatic amines is 1. The Morgan fingerprint density at radius 3 is 2.78 bits per heavy atom. The molecule has 0 spiro atoms. The second-order valence-corrected chi connectivity index (χ2v) is 5.32. The molecule has 2 rings (SSSR count). The normalized spacial score (nSPS) is 10.8. The Balaban J connectivity index is 1.86. The molecule has 1 aromatic carbocycles. The number of aromatic nitrogens is 3. The molecule has 1 heterocycles. The van der Waals surface area contributed by atoms with E-state index in [0.29, 0.717) is 6.54 Å². The molecule has 0 bridgehead atoms. The molecule has 0 aliphatic rings. The molecule has 0 fully saturated rings. The fourth-order valence-electron chi connectivity index (χ4n) is 1.45. The molecule has 1 aromatic heterocycles. The van der Waals surface area contributed by atoms with Crippen LogP contribution in [0.4, 0.5) is 0 Å². The van der Waals surface area contributed by atoms with Gasteiger partial charge < -0.3 is 5.73 Å². The monoisotopic (exact) mass is 282 g/mol. The summed E-state index contributed by atoms with van der Waals surface area (Å²) in [5.74, 6) is 2.51. The van der Waals surface area contributed by atoms with Gasteiger partial charge in [0.05, 0.1) is 5.75 Å². The number of hydrogen-bond donors (Lipinski definition) is 2. The van der Waals surface area contributed by atoms with Crippen LogP contribution in [0.5, 0.6) is 0 Å². The Labute approximate surface area is 115 Å². The van der Waals surface area contributed by atoms with E-state index in [1.807, 2.05) is 24.3 Å². The van der Waals surface area contributed by atoms with Crippen LogP contribution in [0, 0.1) is 0 Å². The molecule has 0 aliphatic heterocycles. The second-order valence-electron chi connectivity index (χ2n) is 3.83. The summed E-state index contributed by atoms with van der Waals surface area (Å²) in [5, 5.41) is 7.85. The van der Waals surface area contributed by atoms with Crippen LogP contribution in [0.15, 0.2) is 29.2 Å². The van der Waals surface area contributed by atoms with E-state index in [1.165, 1.54) is 4.90 Å². The lowest BCUT2D eigenvalue weighted by Crippen LogP contribution is -2.01. The number of nitrogens with one attached hydrogen (secondary N) is 1. The zero-order valence-corrected chi connectivity index (χ0v) is 11.5. The van der Waals surface area contributed by atoms with Gasteiger partial charge in [0.15, 0.2) is 5.82 Å². The number of benzene rings is 1. The Kier molecular flexibility index (Phi) is 5.04. The van der Waals surface area contributed by atoms with Crippen molar-refractivity contribution in [3.8, 4) is 0 Å². The number of halogens is 1. The SMILES string of the molecule is NCCCc1n[nH]c(CSc2ccc(Cl)cc2)n1. The van der Waals surface area contributed by atoms with Crippen LogP contribution in [0.25, 0.3) is 0 Å². The lowest BCUT2D eigenvalue weighted by atomic mass is 10.3. The molecule has 96 valence electrons. The standard InChI is InChI=1S/C12H15ClN4S/c13-9-3-5-10(6-4-9)18-8-12-15-11(16-17-12)2-1-7-14/h3-6H,1-2,7-8,14H2,(H,15,16,17). The molecule has 0 saturated heterocycles. The van der Waals surface area contributed by atoms with Gasteiger partial charge in [0, 0.05) is 16.3 Å². The zero-order valence-electron chi connectivity index (χ0n) is 9.90. The molecular formula is C12H15ClN4S. The average Bonchev–Trinajstić information content (AvgIpc) is 2.84. The van der Waals surface area contributed by atoms with Gasteiger partial charge in [-0.25, -0.2) is 4.98 Å². The summed E-state index contributed by atoms with van der Waals surface area (Å²) in [5.41, 5.74) is 5.45. The largest absolute Gasteiger partial charge is 0.330 e. The smallest absolute Gasteiger partial charge is 0.150 e. The molecular weight excluding hydrogens is 268 g/mol. The summed E-state index contributed by atoms with van der Waals surface area (Å²) < 4.78 is 0. The number of nitrogens with two attached hydrogens (primary N) is 1. The Bertz CT molecular complexity index is 483. The summed E-state index contributed by atoms with van der Waals surface area (Å²) in [6.07, 6.45) is 1.75. The predicted octanol–water partition coefficient (Wildman–Crippen LogP) is 2.64. The first-order chi connectivity index (χ1) is 8.78. The van der Waals surface area contributed by atoms with E-state index >= 15 is 0 Å². The van der Waals surface area contributed by atoms with Crippen molar-refractivity contribution in [2.24, 2.45) is 5.73 Å². The van der Waals surface area contributed by atoms with Gasteiger partial charge in [-0.3, -0.25) is 5.10 Å². The van der Waals surface area contributed by atoms with Gasteiger partial charge in [-0.15, -0.1) is 11.8 Å². The third kappa shape index (κ3) is 4.01. The topological polar surface area (TPSA) is 67.6 Å². The van der Waals surface area contributed by atoms with Gasteiger partial charge in [-0.05, 0) is 37.2 Å². The van der Waals surface area contributed by atoms with Gasteiger partial charge >= 0.3 is 0 Å². The minimum atomic E-state index is 0.670. The van der Waals surface area contributed by atoms with E-state index in [4.69, 9.17) is 17.3 Å². The molecule has 18 heavy (non-hydrogen) atoms. The summed E-state index contributed by atoms with van der Waals surface area (Å²) in [4.78, 5) is 5.58. The van der Waals surface area contributed by atoms with Crippen LogP contribution in [-0.2, 0) is 12.2 Å². The van der Waals surface area contributed by atoms with Crippen LogP contribution in [0.3, 0.4) is 0 Å². The Morgan fingerprint density at radius 1 is 1.28 bits per heavy atom. The molecule has 0 unspecified atom stereocenters. The van der Waals surface area contributed by atoms with E-state index in [-0.39, 0.29) is 0 Å². The van der Waals surface area contributed by atoms with Gasteiger partial charge in [0.25, 0.3) is 0 Å². The van der Waals surface area contributed by atoms with E-state index in [2.05, 4.69) is 15.2 Å². The Morgan fingerprint density at radius 2 is 2.06 bits per heavy atom. The number of rotatable bonds is 6. The van der Waals surface area contributed by atoms with Gasteiger partial charge in [-0.1, -0.05) is 11.6 Å². The van der Waals surface area contributed by atoms with Crippen LogP contribution in [0.2, 0.25) is 5.02 Å². The number of aryl methyl sites for hydroxylation is 1. The molecule has 6 heteroatoms. The maximum atomic E-state index is 5.83. The summed E-state index contributed by atoms with van der Waals surface area (Å²) in [7, 11) is 0. The number of H-pyrrole nitrogens is 1. The minimum absolute atomic E-state index is 0.670. The maximum Gasteiger partial charge on any atom is 0.150 e. The summed E-state index contributed by atoms with van der Waals surface area (Å²) in [6.45, 7) is 0.670. The van der Waals surface area contributed by atoms with Gasteiger partial charge in [-0.2, -0.15) is 5.10 Å². The van der Waals surface area contributed by atoms with Crippen molar-refractivity contribution in [2.45, 2.75) is 23.5 Å². The highest BCUT2D eigenvalue weighted by atomic mass is 35.5. The molecule has 0 radical (unpaired) electrons. The summed E-state index contributed by atoms with van der Waals surface area (Å²) >= 11 is 7.53. The van der Waals surface area contributed by atoms with Crippen LogP contribution in [-0.4, -0.2) is 21.7 Å². The van der Waals surface area contributed by atoms with Crippen molar-refractivity contribution >= 4 is 23.4 Å². The predicted molar refractivity (Wildman–Crippen MR) is 74.8 cm³/mol. The zero-order chi connectivity index (χ0) is 12.8. The number of nitrogens with zero attached hydrogens (tertiary/aromatic N) is 2. The maximum absolute atomic E-state index is 5.83. The minimum Gasteiger partial charge on any atom is -0.330 e. The molecule has 0 aliphatic carbocycles. The van der Waals surface area contributed by atoms with Crippen molar-refractivity contribution in [1.29, 1.82) is 0 Å². The summed E-state index contributed by atoms with van der Waals surface area (Å²) in [6, 6.07) is 7.77. The average molecular weight is 283 g/mol. The van der Waals surface area contributed by atoms with Crippen LogP contribution in [0.1, 0.15) is 18.1 Å². The van der Waals surface area contributed by atoms with Crippen molar-refractivity contribution in [2.75, 3.05) is 6.54 Å². The third-order valence-electron chi connectivity index (χ3n) is 2.37. The van der Waals surface area contributed by atoms with Gasteiger partial charge in [0.2, 0.25) is 0 Å². The van der Waals surface area contributed by atoms with Crippen LogP contribution < -0.4 is 5.73 Å². The fourth-order valence-corrected chi connectivity index (χ4v) is 2.34. The van der Waals surface area contributed by atoms with E-state index < -0.39 is 0 Å². The lowest BCUT2D eigenvalue weighted by molar-refractivity contribution is 0.785. The molecule has 2 aromatic rings. The highest BCUT2D eigenvalue weighted by Crippen LogP contribution is 2.22. The molecule has 0 amide bonds. The van der Waals surface area contributed by atoms with Crippen molar-refractivity contribution in [3.63, 3.8) is 0 Å². The Hall–Kier alpha value is -1.04. The lowest BCUT2D eigenvalue weighted by Gasteiger charge is -1.98. The van der Waals surface area contributed by atoms with Gasteiger partial charge in [0.1, 0.15) is 5.82 Å². The second kappa shape index (κ2) is 6.78. The van der Waals surface area contributed by atoms with Crippen molar-refractivity contribution in [1.82, 2.24) is 15.2 Å². The quantitative estimate of drug-likeness (QED) is 0.799. The van der Waals surface area contributed by atoms with E-state index in [9.17, 15) is 0 Å². The van der Waals surface area contributed by atoms with Crippen molar-refractivity contribution in [3.05, 3.63) is 40.9 Å². The first-order valence-corrected chi connectivity index (χ1v) is 7.13. The highest BCUT2D eigenvalue weighted by Gasteiger charge is 2.03. The van der Waals surface area contributed by atoms with E-state index in [0.717, 1.165) is 35.3 Å². The highest BCUT2D eigenvalue weighted by molar-refractivity contribution is 7.98. The molecule has 0 atom stereocenters. The molecule has 3 N–H and O–H groups in total. The molecule has 0 saturated carbocycles. The van der Waals surface area contributed by atoms with E-state index in [1.54, 1.807) is 11.8 Å². The van der Waals surface area contributed by atoms with Crippen molar-refractivity contribution < 1.29 is 0 Å². The fraction of sp³-hybridized carbons (Fsp3) is 0.333. The van der Waals surface area contributed by atoms with Crippen LogP contribution >= 0.6 is 23.4 Å². The first-order valence-electron chi connectivity index (χ1n) is 5.76. The first kappa shape index (κ1) is 13.4. The third-order valence-corrected chi connectivity index (χ3v) is 3.65.